The molecule has 3 heterocycles. The summed E-state index contributed by atoms with van der Waals surface area (Å²) in [6.07, 6.45) is 1.83. The largest absolute Gasteiger partial charge is 0.341 e. The fraction of sp³-hybridized carbons (Fsp3) is 0.348. The highest BCUT2D eigenvalue weighted by atomic mass is 32.1. The molecule has 1 saturated heterocycles. The molecule has 2 aromatic carbocycles. The lowest BCUT2D eigenvalue weighted by atomic mass is 9.97. The monoisotopic (exact) mass is 420 g/mol. The van der Waals surface area contributed by atoms with Gasteiger partial charge >= 0.3 is 5.69 Å². The molecule has 1 amide bonds. The summed E-state index contributed by atoms with van der Waals surface area (Å²) in [6.45, 7) is 4.06. The molecule has 0 saturated carbocycles. The first kappa shape index (κ1) is 19.1. The Balaban J connectivity index is 1.30. The van der Waals surface area contributed by atoms with Gasteiger partial charge in [0.15, 0.2) is 0 Å². The molecule has 1 aliphatic rings. The summed E-state index contributed by atoms with van der Waals surface area (Å²) in [6, 6.07) is 15.9. The van der Waals surface area contributed by atoms with Crippen LogP contribution in [-0.4, -0.2) is 38.0 Å². The minimum atomic E-state index is -0.114. The molecule has 154 valence electrons. The summed E-state index contributed by atoms with van der Waals surface area (Å²) in [5, 5.41) is 1.17. The van der Waals surface area contributed by atoms with Gasteiger partial charge in [0, 0.05) is 25.6 Å². The molecule has 1 aliphatic heterocycles. The summed E-state index contributed by atoms with van der Waals surface area (Å²) >= 11 is 1.76. The van der Waals surface area contributed by atoms with Gasteiger partial charge in [-0.05, 0) is 44.0 Å². The Morgan fingerprint density at radius 3 is 2.40 bits per heavy atom. The van der Waals surface area contributed by atoms with Gasteiger partial charge in [-0.1, -0.05) is 24.3 Å². The van der Waals surface area contributed by atoms with Crippen LogP contribution in [0.15, 0.2) is 53.3 Å². The highest BCUT2D eigenvalue weighted by molar-refractivity contribution is 7.18. The standard InChI is InChI=1S/C23H24N4O2S/c1-2-26-18-8-4-5-9-19(18)27(23(26)29)15-21(28)25-13-11-16(12-14-25)22-24-17-7-3-6-10-20(17)30-22/h3-10,16H,2,11-15H2,1H3. The number of nitrogens with zero attached hydrogens (tertiary/aromatic N) is 4. The zero-order valence-corrected chi connectivity index (χ0v) is 17.8. The fourth-order valence-corrected chi connectivity index (χ4v) is 5.54. The molecular weight excluding hydrogens is 396 g/mol. The summed E-state index contributed by atoms with van der Waals surface area (Å²) in [5.41, 5.74) is 2.65. The number of rotatable bonds is 4. The Bertz CT molecular complexity index is 1240. The molecular formula is C23H24N4O2S. The summed E-state index contributed by atoms with van der Waals surface area (Å²) in [4.78, 5) is 32.5. The van der Waals surface area contributed by atoms with Gasteiger partial charge in [-0.2, -0.15) is 0 Å². The van der Waals surface area contributed by atoms with E-state index in [4.69, 9.17) is 4.98 Å². The lowest BCUT2D eigenvalue weighted by Gasteiger charge is -2.31. The van der Waals surface area contributed by atoms with Crippen LogP contribution in [0, 0.1) is 0 Å². The van der Waals surface area contributed by atoms with Crippen molar-refractivity contribution in [2.75, 3.05) is 13.1 Å². The Labute approximate surface area is 178 Å². The molecule has 1 fully saturated rings. The van der Waals surface area contributed by atoms with Gasteiger partial charge < -0.3 is 4.90 Å². The first-order valence-corrected chi connectivity index (χ1v) is 11.3. The number of carbonyl (C=O) groups excluding carboxylic acids is 1. The Morgan fingerprint density at radius 2 is 1.70 bits per heavy atom. The normalized spacial score (nSPS) is 15.3. The summed E-state index contributed by atoms with van der Waals surface area (Å²) in [7, 11) is 0. The van der Waals surface area contributed by atoms with Gasteiger partial charge in [-0.25, -0.2) is 9.78 Å². The van der Waals surface area contributed by atoms with Gasteiger partial charge in [0.1, 0.15) is 6.54 Å². The predicted octanol–water partition coefficient (Wildman–Crippen LogP) is 3.84. The minimum Gasteiger partial charge on any atom is -0.341 e. The van der Waals surface area contributed by atoms with Crippen LogP contribution in [0.25, 0.3) is 21.3 Å². The van der Waals surface area contributed by atoms with Crippen molar-refractivity contribution in [1.82, 2.24) is 19.0 Å². The Morgan fingerprint density at radius 1 is 1.03 bits per heavy atom. The molecule has 5 rings (SSSR count). The number of likely N-dealkylation sites (tertiary alicyclic amines) is 1. The van der Waals surface area contributed by atoms with Crippen molar-refractivity contribution in [3.05, 3.63) is 64.0 Å². The van der Waals surface area contributed by atoms with E-state index in [-0.39, 0.29) is 18.1 Å². The van der Waals surface area contributed by atoms with Crippen molar-refractivity contribution in [1.29, 1.82) is 0 Å². The molecule has 7 heteroatoms. The topological polar surface area (TPSA) is 60.1 Å². The zero-order chi connectivity index (χ0) is 20.7. The molecule has 0 unspecified atom stereocenters. The minimum absolute atomic E-state index is 0.0128. The number of fused-ring (bicyclic) bond motifs is 2. The maximum Gasteiger partial charge on any atom is 0.329 e. The molecule has 0 atom stereocenters. The average Bonchev–Trinajstić information content (AvgIpc) is 3.33. The van der Waals surface area contributed by atoms with Crippen LogP contribution in [0.3, 0.4) is 0 Å². The molecule has 30 heavy (non-hydrogen) atoms. The van der Waals surface area contributed by atoms with Crippen molar-refractivity contribution in [3.8, 4) is 0 Å². The van der Waals surface area contributed by atoms with Crippen LogP contribution in [0.4, 0.5) is 0 Å². The van der Waals surface area contributed by atoms with Gasteiger partial charge in [0.2, 0.25) is 5.91 Å². The molecule has 0 N–H and O–H groups in total. The summed E-state index contributed by atoms with van der Waals surface area (Å²) < 4.78 is 4.56. The highest BCUT2D eigenvalue weighted by Gasteiger charge is 2.27. The third-order valence-corrected chi connectivity index (χ3v) is 7.24. The molecule has 0 radical (unpaired) electrons. The lowest BCUT2D eigenvalue weighted by Crippen LogP contribution is -2.41. The molecule has 0 spiro atoms. The highest BCUT2D eigenvalue weighted by Crippen LogP contribution is 2.33. The van der Waals surface area contributed by atoms with Gasteiger partial charge in [0.25, 0.3) is 0 Å². The second-order valence-corrected chi connectivity index (χ2v) is 8.84. The van der Waals surface area contributed by atoms with Crippen LogP contribution in [0.5, 0.6) is 0 Å². The maximum absolute atomic E-state index is 13.0. The van der Waals surface area contributed by atoms with E-state index in [1.54, 1.807) is 20.5 Å². The van der Waals surface area contributed by atoms with E-state index >= 15 is 0 Å². The van der Waals surface area contributed by atoms with Crippen LogP contribution in [0.2, 0.25) is 0 Å². The van der Waals surface area contributed by atoms with E-state index in [1.807, 2.05) is 48.2 Å². The third-order valence-electron chi connectivity index (χ3n) is 6.04. The van der Waals surface area contributed by atoms with E-state index in [9.17, 15) is 9.59 Å². The molecule has 6 nitrogen and oxygen atoms in total. The number of carbonyl (C=O) groups is 1. The molecule has 0 bridgehead atoms. The molecule has 4 aromatic rings. The number of imidazole rings is 1. The number of hydrogen-bond donors (Lipinski definition) is 0. The van der Waals surface area contributed by atoms with Crippen LogP contribution in [0.1, 0.15) is 30.7 Å². The number of benzene rings is 2. The number of amides is 1. The molecule has 0 aliphatic carbocycles. The van der Waals surface area contributed by atoms with Crippen LogP contribution < -0.4 is 5.69 Å². The molecule has 2 aromatic heterocycles. The number of aryl methyl sites for hydroxylation is 1. The van der Waals surface area contributed by atoms with E-state index in [1.165, 1.54) is 9.71 Å². The number of aromatic nitrogens is 3. The van der Waals surface area contributed by atoms with E-state index in [2.05, 4.69) is 12.1 Å². The average molecular weight is 421 g/mol. The van der Waals surface area contributed by atoms with E-state index in [0.717, 1.165) is 29.4 Å². The van der Waals surface area contributed by atoms with Crippen LogP contribution >= 0.6 is 11.3 Å². The first-order chi connectivity index (χ1) is 14.7. The van der Waals surface area contributed by atoms with Crippen molar-refractivity contribution in [2.24, 2.45) is 0 Å². The number of thiazole rings is 1. The van der Waals surface area contributed by atoms with Gasteiger partial charge in [-0.15, -0.1) is 11.3 Å². The Hall–Kier alpha value is -2.93. The number of para-hydroxylation sites is 3. The predicted molar refractivity (Wildman–Crippen MR) is 120 cm³/mol. The quantitative estimate of drug-likeness (QED) is 0.504. The van der Waals surface area contributed by atoms with E-state index < -0.39 is 0 Å². The van der Waals surface area contributed by atoms with Crippen molar-refractivity contribution in [2.45, 2.75) is 38.8 Å². The fourth-order valence-electron chi connectivity index (χ4n) is 4.41. The smallest absolute Gasteiger partial charge is 0.329 e. The van der Waals surface area contributed by atoms with Gasteiger partial charge in [0.05, 0.1) is 26.3 Å². The van der Waals surface area contributed by atoms with Crippen molar-refractivity contribution < 1.29 is 4.79 Å². The second-order valence-electron chi connectivity index (χ2n) is 7.78. The van der Waals surface area contributed by atoms with Gasteiger partial charge in [-0.3, -0.25) is 13.9 Å². The van der Waals surface area contributed by atoms with Crippen LogP contribution in [-0.2, 0) is 17.9 Å². The first-order valence-electron chi connectivity index (χ1n) is 10.5. The number of hydrogen-bond acceptors (Lipinski definition) is 4. The van der Waals surface area contributed by atoms with Crippen molar-refractivity contribution in [3.63, 3.8) is 0 Å². The zero-order valence-electron chi connectivity index (χ0n) is 17.0. The lowest BCUT2D eigenvalue weighted by molar-refractivity contribution is -0.132. The van der Waals surface area contributed by atoms with Crippen molar-refractivity contribution >= 4 is 38.5 Å². The third kappa shape index (κ3) is 3.23. The SMILES string of the molecule is CCn1c(=O)n(CC(=O)N2CCC(c3nc4ccccc4s3)CC2)c2ccccc21. The maximum atomic E-state index is 13.0. The summed E-state index contributed by atoms with van der Waals surface area (Å²) in [5.74, 6) is 0.412. The van der Waals surface area contributed by atoms with E-state index in [0.29, 0.717) is 25.6 Å². The Kier molecular flexibility index (Phi) is 4.90. The number of piperidine rings is 1. The second kappa shape index (κ2) is 7.72.